The van der Waals surface area contributed by atoms with Crippen LogP contribution < -0.4 is 0 Å². The van der Waals surface area contributed by atoms with E-state index in [9.17, 15) is 9.59 Å². The summed E-state index contributed by atoms with van der Waals surface area (Å²) in [7, 11) is 0. The van der Waals surface area contributed by atoms with Crippen molar-refractivity contribution < 1.29 is 9.59 Å². The van der Waals surface area contributed by atoms with Gasteiger partial charge in [-0.1, -0.05) is 6.42 Å². The molecule has 1 saturated heterocycles. The Balaban J connectivity index is 1.48. The highest BCUT2D eigenvalue weighted by Crippen LogP contribution is 2.49. The van der Waals surface area contributed by atoms with Crippen molar-refractivity contribution in [3.8, 4) is 0 Å². The Morgan fingerprint density at radius 2 is 1.68 bits per heavy atom. The number of hydrogen-bond acceptors (Lipinski definition) is 2. The van der Waals surface area contributed by atoms with E-state index in [0.717, 1.165) is 31.3 Å². The molecule has 0 spiro atoms. The lowest BCUT2D eigenvalue weighted by Gasteiger charge is -2.35. The average Bonchev–Trinajstić information content (AvgIpc) is 3.01. The van der Waals surface area contributed by atoms with Crippen molar-refractivity contribution in [2.45, 2.75) is 39.0 Å². The van der Waals surface area contributed by atoms with Gasteiger partial charge in [0.15, 0.2) is 0 Å². The van der Waals surface area contributed by atoms with Gasteiger partial charge in [0.05, 0.1) is 0 Å². The number of carbonyl (C=O) groups excluding carboxylic acids is 2. The second kappa shape index (κ2) is 5.14. The quantitative estimate of drug-likeness (QED) is 0.758. The van der Waals surface area contributed by atoms with Gasteiger partial charge in [-0.25, -0.2) is 0 Å². The van der Waals surface area contributed by atoms with Gasteiger partial charge in [0.25, 0.3) is 0 Å². The maximum Gasteiger partial charge on any atom is 0.222 e. The first-order valence-electron chi connectivity index (χ1n) is 7.66. The number of hydrogen-bond donors (Lipinski definition) is 0. The van der Waals surface area contributed by atoms with Crippen molar-refractivity contribution in [1.82, 2.24) is 9.80 Å². The molecule has 4 heteroatoms. The summed E-state index contributed by atoms with van der Waals surface area (Å²) in [5.74, 6) is 2.84. The topological polar surface area (TPSA) is 40.6 Å². The molecule has 19 heavy (non-hydrogen) atoms. The number of amides is 2. The largest absolute Gasteiger partial charge is 0.339 e. The molecule has 0 radical (unpaired) electrons. The van der Waals surface area contributed by atoms with E-state index >= 15 is 0 Å². The number of piperazine rings is 1. The molecule has 2 bridgehead atoms. The summed E-state index contributed by atoms with van der Waals surface area (Å²) in [5, 5.41) is 0. The molecule has 0 aromatic heterocycles. The van der Waals surface area contributed by atoms with E-state index in [1.807, 2.05) is 9.80 Å². The molecule has 1 heterocycles. The van der Waals surface area contributed by atoms with Crippen molar-refractivity contribution in [3.05, 3.63) is 0 Å². The fourth-order valence-electron chi connectivity index (χ4n) is 4.25. The van der Waals surface area contributed by atoms with Crippen molar-refractivity contribution >= 4 is 11.8 Å². The van der Waals surface area contributed by atoms with E-state index in [1.165, 1.54) is 25.7 Å². The summed E-state index contributed by atoms with van der Waals surface area (Å²) >= 11 is 0. The van der Waals surface area contributed by atoms with E-state index in [-0.39, 0.29) is 5.91 Å². The van der Waals surface area contributed by atoms with E-state index in [2.05, 4.69) is 0 Å². The van der Waals surface area contributed by atoms with E-state index < -0.39 is 0 Å². The highest BCUT2D eigenvalue weighted by atomic mass is 16.2. The zero-order chi connectivity index (χ0) is 13.4. The van der Waals surface area contributed by atoms with Gasteiger partial charge in [0.2, 0.25) is 11.8 Å². The standard InChI is InChI=1S/C15H24N2O2/c1-11(18)16-4-6-17(7-5-16)15(19)10-14-9-12-2-3-13(14)8-12/h12-14H,2-10H2,1H3/t12-,13-,14+/m0/s1. The van der Waals surface area contributed by atoms with Crippen LogP contribution >= 0.6 is 0 Å². The summed E-state index contributed by atoms with van der Waals surface area (Å²) in [5.41, 5.74) is 0. The van der Waals surface area contributed by atoms with Gasteiger partial charge < -0.3 is 9.80 Å². The Morgan fingerprint density at radius 1 is 1.00 bits per heavy atom. The monoisotopic (exact) mass is 264 g/mol. The minimum Gasteiger partial charge on any atom is -0.339 e. The average molecular weight is 264 g/mol. The second-order valence-electron chi connectivity index (χ2n) is 6.53. The van der Waals surface area contributed by atoms with E-state index in [4.69, 9.17) is 0 Å². The molecule has 3 fully saturated rings. The Labute approximate surface area is 115 Å². The Kier molecular flexibility index (Phi) is 3.50. The number of fused-ring (bicyclic) bond motifs is 2. The van der Waals surface area contributed by atoms with Crippen LogP contribution in [0.15, 0.2) is 0 Å². The van der Waals surface area contributed by atoms with Crippen LogP contribution in [0.25, 0.3) is 0 Å². The predicted octanol–water partition coefficient (Wildman–Crippen LogP) is 1.50. The molecule has 2 aliphatic carbocycles. The normalized spacial score (nSPS) is 33.8. The first-order valence-corrected chi connectivity index (χ1v) is 7.66. The van der Waals surface area contributed by atoms with E-state index in [1.54, 1.807) is 6.92 Å². The molecular formula is C15H24N2O2. The summed E-state index contributed by atoms with van der Waals surface area (Å²) in [6.07, 6.45) is 6.15. The Hall–Kier alpha value is -1.06. The summed E-state index contributed by atoms with van der Waals surface area (Å²) < 4.78 is 0. The zero-order valence-electron chi connectivity index (χ0n) is 11.8. The lowest BCUT2D eigenvalue weighted by Crippen LogP contribution is -2.50. The van der Waals surface area contributed by atoms with Gasteiger partial charge >= 0.3 is 0 Å². The van der Waals surface area contributed by atoms with Crippen LogP contribution in [0.5, 0.6) is 0 Å². The molecule has 4 nitrogen and oxygen atoms in total. The molecule has 3 rings (SSSR count). The van der Waals surface area contributed by atoms with Gasteiger partial charge in [-0.05, 0) is 37.0 Å². The van der Waals surface area contributed by atoms with Gasteiger partial charge in [0, 0.05) is 39.5 Å². The summed E-state index contributed by atoms with van der Waals surface area (Å²) in [4.78, 5) is 27.4. The lowest BCUT2D eigenvalue weighted by molar-refractivity contribution is -0.139. The Bertz CT molecular complexity index is 374. The molecule has 2 saturated carbocycles. The maximum absolute atomic E-state index is 12.3. The Morgan fingerprint density at radius 3 is 2.21 bits per heavy atom. The number of nitrogens with zero attached hydrogens (tertiary/aromatic N) is 2. The second-order valence-corrected chi connectivity index (χ2v) is 6.53. The van der Waals surface area contributed by atoms with Crippen LogP contribution in [0.4, 0.5) is 0 Å². The maximum atomic E-state index is 12.3. The van der Waals surface area contributed by atoms with Gasteiger partial charge in [-0.15, -0.1) is 0 Å². The third-order valence-corrected chi connectivity index (χ3v) is 5.40. The molecule has 1 aliphatic heterocycles. The highest BCUT2D eigenvalue weighted by molar-refractivity contribution is 5.77. The van der Waals surface area contributed by atoms with E-state index in [0.29, 0.717) is 24.9 Å². The van der Waals surface area contributed by atoms with Gasteiger partial charge in [-0.3, -0.25) is 9.59 Å². The minimum atomic E-state index is 0.125. The highest BCUT2D eigenvalue weighted by Gasteiger charge is 2.40. The van der Waals surface area contributed by atoms with Crippen molar-refractivity contribution in [2.24, 2.45) is 17.8 Å². The molecule has 3 atom stereocenters. The van der Waals surface area contributed by atoms with Crippen LogP contribution in [-0.4, -0.2) is 47.8 Å². The molecule has 2 amide bonds. The first kappa shape index (κ1) is 12.9. The van der Waals surface area contributed by atoms with Gasteiger partial charge in [0.1, 0.15) is 0 Å². The summed E-state index contributed by atoms with van der Waals surface area (Å²) in [6, 6.07) is 0. The SMILES string of the molecule is CC(=O)N1CCN(C(=O)C[C@H]2C[C@H]3CC[C@H]2C3)CC1. The van der Waals surface area contributed by atoms with Crippen molar-refractivity contribution in [1.29, 1.82) is 0 Å². The first-order chi connectivity index (χ1) is 9.13. The fraction of sp³-hybridized carbons (Fsp3) is 0.867. The zero-order valence-corrected chi connectivity index (χ0v) is 11.8. The summed E-state index contributed by atoms with van der Waals surface area (Å²) in [6.45, 7) is 4.46. The smallest absolute Gasteiger partial charge is 0.222 e. The van der Waals surface area contributed by atoms with Crippen molar-refractivity contribution in [2.75, 3.05) is 26.2 Å². The van der Waals surface area contributed by atoms with Crippen LogP contribution in [0.2, 0.25) is 0 Å². The molecule has 0 N–H and O–H groups in total. The molecular weight excluding hydrogens is 240 g/mol. The van der Waals surface area contributed by atoms with Crippen LogP contribution in [0.1, 0.15) is 39.0 Å². The fourth-order valence-corrected chi connectivity index (χ4v) is 4.25. The van der Waals surface area contributed by atoms with Crippen LogP contribution in [0.3, 0.4) is 0 Å². The molecule has 106 valence electrons. The lowest BCUT2D eigenvalue weighted by atomic mass is 9.86. The number of carbonyl (C=O) groups is 2. The number of rotatable bonds is 2. The molecule has 0 aromatic carbocycles. The molecule has 3 aliphatic rings. The molecule has 0 unspecified atom stereocenters. The third kappa shape index (κ3) is 2.63. The van der Waals surface area contributed by atoms with Crippen LogP contribution in [0, 0.1) is 17.8 Å². The van der Waals surface area contributed by atoms with Crippen LogP contribution in [-0.2, 0) is 9.59 Å². The van der Waals surface area contributed by atoms with Crippen molar-refractivity contribution in [3.63, 3.8) is 0 Å². The third-order valence-electron chi connectivity index (χ3n) is 5.40. The minimum absolute atomic E-state index is 0.125. The molecule has 0 aromatic rings. The van der Waals surface area contributed by atoms with Gasteiger partial charge in [-0.2, -0.15) is 0 Å². The predicted molar refractivity (Wildman–Crippen MR) is 72.4 cm³/mol.